The minimum absolute atomic E-state index is 0.111. The molecule has 0 saturated heterocycles. The third-order valence-corrected chi connectivity index (χ3v) is 4.15. The Hall–Kier alpha value is -1.49. The number of ether oxygens (including phenoxy) is 1. The summed E-state index contributed by atoms with van der Waals surface area (Å²) in [6.07, 6.45) is 1.50. The van der Waals surface area contributed by atoms with Gasteiger partial charge in [0.1, 0.15) is 0 Å². The van der Waals surface area contributed by atoms with Gasteiger partial charge in [0.05, 0.1) is 7.11 Å². The smallest absolute Gasteiger partial charge is 0.305 e. The lowest BCUT2D eigenvalue weighted by molar-refractivity contribution is -0.141. The van der Waals surface area contributed by atoms with Gasteiger partial charge in [-0.3, -0.25) is 9.59 Å². The van der Waals surface area contributed by atoms with Crippen LogP contribution in [-0.2, 0) is 14.3 Å². The van der Waals surface area contributed by atoms with Crippen molar-refractivity contribution in [3.63, 3.8) is 0 Å². The molecule has 0 aliphatic rings. The Balaban J connectivity index is 2.20. The van der Waals surface area contributed by atoms with Crippen LogP contribution in [0.15, 0.2) is 29.2 Å². The summed E-state index contributed by atoms with van der Waals surface area (Å²) in [5.41, 5.74) is 1.24. The SMILES string of the molecule is COC(=O)CCCN(C)C(=O)CCSc1ccc(C)cc1. The van der Waals surface area contributed by atoms with Gasteiger partial charge < -0.3 is 9.64 Å². The van der Waals surface area contributed by atoms with Crippen LogP contribution in [0.25, 0.3) is 0 Å². The molecule has 0 heterocycles. The number of aryl methyl sites for hydroxylation is 1. The van der Waals surface area contributed by atoms with Crippen LogP contribution in [0.3, 0.4) is 0 Å². The number of carbonyl (C=O) groups is 2. The maximum absolute atomic E-state index is 11.9. The summed E-state index contributed by atoms with van der Waals surface area (Å²) in [6, 6.07) is 8.29. The van der Waals surface area contributed by atoms with Gasteiger partial charge in [-0.05, 0) is 25.5 Å². The van der Waals surface area contributed by atoms with E-state index in [2.05, 4.69) is 35.9 Å². The van der Waals surface area contributed by atoms with Crippen LogP contribution in [0, 0.1) is 6.92 Å². The summed E-state index contributed by atoms with van der Waals surface area (Å²) in [5.74, 6) is 0.647. The molecular weight excluding hydrogens is 286 g/mol. The van der Waals surface area contributed by atoms with Crippen LogP contribution >= 0.6 is 11.8 Å². The minimum atomic E-state index is -0.231. The highest BCUT2D eigenvalue weighted by Gasteiger charge is 2.09. The van der Waals surface area contributed by atoms with Crippen molar-refractivity contribution in [1.29, 1.82) is 0 Å². The molecule has 1 aromatic carbocycles. The summed E-state index contributed by atoms with van der Waals surface area (Å²) < 4.78 is 4.57. The highest BCUT2D eigenvalue weighted by atomic mass is 32.2. The quantitative estimate of drug-likeness (QED) is 0.547. The topological polar surface area (TPSA) is 46.6 Å². The molecule has 0 radical (unpaired) electrons. The Kier molecular flexibility index (Phi) is 7.90. The fourth-order valence-corrected chi connectivity index (χ4v) is 2.61. The van der Waals surface area contributed by atoms with E-state index in [1.54, 1.807) is 23.7 Å². The predicted molar refractivity (Wildman–Crippen MR) is 85.4 cm³/mol. The van der Waals surface area contributed by atoms with Gasteiger partial charge in [-0.2, -0.15) is 0 Å². The van der Waals surface area contributed by atoms with Gasteiger partial charge in [-0.15, -0.1) is 11.8 Å². The van der Waals surface area contributed by atoms with Gasteiger partial charge in [0.15, 0.2) is 0 Å². The first-order valence-electron chi connectivity index (χ1n) is 7.03. The van der Waals surface area contributed by atoms with Crippen LogP contribution in [0.5, 0.6) is 0 Å². The van der Waals surface area contributed by atoms with Crippen LogP contribution in [0.4, 0.5) is 0 Å². The fourth-order valence-electron chi connectivity index (χ4n) is 1.77. The molecule has 0 unspecified atom stereocenters. The maximum atomic E-state index is 11.9. The van der Waals surface area contributed by atoms with E-state index in [-0.39, 0.29) is 11.9 Å². The summed E-state index contributed by atoms with van der Waals surface area (Å²) in [7, 11) is 3.15. The molecule has 0 N–H and O–H groups in total. The highest BCUT2D eigenvalue weighted by molar-refractivity contribution is 7.99. The Bertz CT molecular complexity index is 459. The van der Waals surface area contributed by atoms with Gasteiger partial charge in [-0.1, -0.05) is 17.7 Å². The van der Waals surface area contributed by atoms with Gasteiger partial charge in [0, 0.05) is 37.1 Å². The molecule has 0 saturated carbocycles. The number of hydrogen-bond donors (Lipinski definition) is 0. The van der Waals surface area contributed by atoms with Gasteiger partial charge in [0.25, 0.3) is 0 Å². The number of esters is 1. The third-order valence-electron chi connectivity index (χ3n) is 3.13. The fraction of sp³-hybridized carbons (Fsp3) is 0.500. The molecule has 0 fully saturated rings. The number of benzene rings is 1. The molecule has 0 aliphatic heterocycles. The van der Waals surface area contributed by atoms with Crippen molar-refractivity contribution in [3.8, 4) is 0 Å². The molecule has 1 aromatic rings. The van der Waals surface area contributed by atoms with E-state index in [1.165, 1.54) is 17.6 Å². The third kappa shape index (κ3) is 7.18. The number of amides is 1. The molecule has 21 heavy (non-hydrogen) atoms. The number of nitrogens with zero attached hydrogens (tertiary/aromatic N) is 1. The Morgan fingerprint density at radius 1 is 1.19 bits per heavy atom. The van der Waals surface area contributed by atoms with E-state index < -0.39 is 0 Å². The number of thioether (sulfide) groups is 1. The summed E-state index contributed by atoms with van der Waals surface area (Å²) in [4.78, 5) is 25.8. The van der Waals surface area contributed by atoms with E-state index in [9.17, 15) is 9.59 Å². The number of rotatable bonds is 8. The molecule has 0 aromatic heterocycles. The van der Waals surface area contributed by atoms with Crippen molar-refractivity contribution in [2.45, 2.75) is 31.1 Å². The average Bonchev–Trinajstić information content (AvgIpc) is 2.48. The van der Waals surface area contributed by atoms with Crippen molar-refractivity contribution in [1.82, 2.24) is 4.90 Å². The van der Waals surface area contributed by atoms with E-state index in [0.29, 0.717) is 25.8 Å². The first-order valence-corrected chi connectivity index (χ1v) is 8.01. The number of hydrogen-bond acceptors (Lipinski definition) is 4. The van der Waals surface area contributed by atoms with Crippen molar-refractivity contribution < 1.29 is 14.3 Å². The van der Waals surface area contributed by atoms with Gasteiger partial charge in [-0.25, -0.2) is 0 Å². The van der Waals surface area contributed by atoms with E-state index in [4.69, 9.17) is 0 Å². The molecule has 116 valence electrons. The zero-order chi connectivity index (χ0) is 15.7. The van der Waals surface area contributed by atoms with E-state index in [1.807, 2.05) is 0 Å². The summed E-state index contributed by atoms with van der Waals surface area (Å²) in [5, 5.41) is 0. The van der Waals surface area contributed by atoms with E-state index >= 15 is 0 Å². The van der Waals surface area contributed by atoms with Crippen molar-refractivity contribution >= 4 is 23.6 Å². The second kappa shape index (κ2) is 9.45. The monoisotopic (exact) mass is 309 g/mol. The van der Waals surface area contributed by atoms with Crippen molar-refractivity contribution in [2.24, 2.45) is 0 Å². The lowest BCUT2D eigenvalue weighted by atomic mass is 10.2. The molecule has 4 nitrogen and oxygen atoms in total. The number of methoxy groups -OCH3 is 1. The molecular formula is C16H23NO3S. The molecule has 0 aliphatic carbocycles. The molecule has 0 atom stereocenters. The average molecular weight is 309 g/mol. The second-order valence-electron chi connectivity index (χ2n) is 4.91. The molecule has 5 heteroatoms. The molecule has 1 amide bonds. The van der Waals surface area contributed by atoms with Crippen molar-refractivity contribution in [2.75, 3.05) is 26.5 Å². The molecule has 0 spiro atoms. The normalized spacial score (nSPS) is 10.2. The molecule has 0 bridgehead atoms. The summed E-state index contributed by atoms with van der Waals surface area (Å²) in [6.45, 7) is 2.64. The Morgan fingerprint density at radius 3 is 2.48 bits per heavy atom. The zero-order valence-electron chi connectivity index (χ0n) is 12.9. The summed E-state index contributed by atoms with van der Waals surface area (Å²) >= 11 is 1.69. The lowest BCUT2D eigenvalue weighted by Gasteiger charge is -2.16. The zero-order valence-corrected chi connectivity index (χ0v) is 13.7. The predicted octanol–water partition coefficient (Wildman–Crippen LogP) is 2.89. The first-order chi connectivity index (χ1) is 10.0. The first kappa shape index (κ1) is 17.6. The molecule has 1 rings (SSSR count). The highest BCUT2D eigenvalue weighted by Crippen LogP contribution is 2.19. The van der Waals surface area contributed by atoms with Crippen LogP contribution in [-0.4, -0.2) is 43.2 Å². The lowest BCUT2D eigenvalue weighted by Crippen LogP contribution is -2.28. The largest absolute Gasteiger partial charge is 0.469 e. The van der Waals surface area contributed by atoms with E-state index in [0.717, 1.165) is 5.75 Å². The Labute approximate surface area is 130 Å². The second-order valence-corrected chi connectivity index (χ2v) is 6.07. The standard InChI is InChI=1S/C16H23NO3S/c1-13-6-8-14(9-7-13)21-12-10-15(18)17(2)11-4-5-16(19)20-3/h6-9H,4-5,10-12H2,1-3H3. The van der Waals surface area contributed by atoms with Crippen LogP contribution in [0.1, 0.15) is 24.8 Å². The van der Waals surface area contributed by atoms with Gasteiger partial charge >= 0.3 is 5.97 Å². The van der Waals surface area contributed by atoms with Gasteiger partial charge in [0.2, 0.25) is 5.91 Å². The van der Waals surface area contributed by atoms with Crippen LogP contribution < -0.4 is 0 Å². The minimum Gasteiger partial charge on any atom is -0.469 e. The van der Waals surface area contributed by atoms with Crippen LogP contribution in [0.2, 0.25) is 0 Å². The van der Waals surface area contributed by atoms with Crippen molar-refractivity contribution in [3.05, 3.63) is 29.8 Å². The number of carbonyl (C=O) groups excluding carboxylic acids is 2. The maximum Gasteiger partial charge on any atom is 0.305 e. The Morgan fingerprint density at radius 2 is 1.86 bits per heavy atom.